The molecular formula is C17H16ClN. The van der Waals surface area contributed by atoms with Crippen molar-refractivity contribution >= 4 is 22.5 Å². The van der Waals surface area contributed by atoms with Gasteiger partial charge in [0, 0.05) is 23.2 Å². The molecular weight excluding hydrogens is 254 g/mol. The van der Waals surface area contributed by atoms with Crippen LogP contribution in [0.15, 0.2) is 48.7 Å². The average molecular weight is 270 g/mol. The average Bonchev–Trinajstić information content (AvgIpc) is 2.71. The maximum atomic E-state index is 5.93. The Hall–Kier alpha value is -1.73. The van der Waals surface area contributed by atoms with E-state index in [1.807, 2.05) is 12.1 Å². The topological polar surface area (TPSA) is 4.93 Å². The van der Waals surface area contributed by atoms with Crippen LogP contribution in [0.2, 0.25) is 5.02 Å². The quantitative estimate of drug-likeness (QED) is 0.620. The SMILES string of the molecule is Cc1cn(Cc2ccc(Cl)cc2)c2c(C)cccc12. The van der Waals surface area contributed by atoms with E-state index in [-0.39, 0.29) is 0 Å². The fraction of sp³-hybridized carbons (Fsp3) is 0.176. The van der Waals surface area contributed by atoms with Crippen molar-refractivity contribution in [2.24, 2.45) is 0 Å². The first kappa shape index (κ1) is 12.3. The Balaban J connectivity index is 2.08. The number of hydrogen-bond donors (Lipinski definition) is 0. The standard InChI is InChI=1S/C17H16ClN/c1-12-4-3-5-16-13(2)10-19(17(12)16)11-14-6-8-15(18)9-7-14/h3-10H,11H2,1-2H3. The number of halogens is 1. The second-order valence-electron chi connectivity index (χ2n) is 5.04. The van der Waals surface area contributed by atoms with Crippen molar-refractivity contribution in [1.82, 2.24) is 4.57 Å². The van der Waals surface area contributed by atoms with E-state index in [0.29, 0.717) is 0 Å². The van der Waals surface area contributed by atoms with Crippen molar-refractivity contribution in [3.05, 3.63) is 70.4 Å². The lowest BCUT2D eigenvalue weighted by Crippen LogP contribution is -1.98. The van der Waals surface area contributed by atoms with Gasteiger partial charge < -0.3 is 4.57 Å². The van der Waals surface area contributed by atoms with Crippen molar-refractivity contribution in [1.29, 1.82) is 0 Å². The monoisotopic (exact) mass is 269 g/mol. The fourth-order valence-electron chi connectivity index (χ4n) is 2.64. The number of aromatic nitrogens is 1. The normalized spacial score (nSPS) is 11.1. The first-order chi connectivity index (χ1) is 9.15. The Morgan fingerprint density at radius 2 is 1.68 bits per heavy atom. The van der Waals surface area contributed by atoms with E-state index in [1.165, 1.54) is 27.6 Å². The number of rotatable bonds is 2. The van der Waals surface area contributed by atoms with Crippen LogP contribution in [0.25, 0.3) is 10.9 Å². The summed E-state index contributed by atoms with van der Waals surface area (Å²) in [5.41, 5.74) is 5.24. The molecule has 0 bridgehead atoms. The molecule has 0 aliphatic carbocycles. The number of aryl methyl sites for hydroxylation is 2. The van der Waals surface area contributed by atoms with E-state index < -0.39 is 0 Å². The van der Waals surface area contributed by atoms with Crippen LogP contribution < -0.4 is 0 Å². The molecule has 0 atom stereocenters. The largest absolute Gasteiger partial charge is 0.343 e. The molecule has 0 aliphatic rings. The number of benzene rings is 2. The molecule has 3 aromatic rings. The molecule has 0 aliphatic heterocycles. The van der Waals surface area contributed by atoms with Crippen molar-refractivity contribution in [3.8, 4) is 0 Å². The van der Waals surface area contributed by atoms with Crippen molar-refractivity contribution in [2.75, 3.05) is 0 Å². The molecule has 19 heavy (non-hydrogen) atoms. The van der Waals surface area contributed by atoms with Gasteiger partial charge in [0.1, 0.15) is 0 Å². The third-order valence-corrected chi connectivity index (χ3v) is 3.82. The molecule has 0 spiro atoms. The molecule has 2 aromatic carbocycles. The van der Waals surface area contributed by atoms with Crippen LogP contribution in [0.1, 0.15) is 16.7 Å². The van der Waals surface area contributed by atoms with Crippen molar-refractivity contribution < 1.29 is 0 Å². The molecule has 0 amide bonds. The lowest BCUT2D eigenvalue weighted by molar-refractivity contribution is 0.832. The molecule has 0 saturated heterocycles. The third kappa shape index (κ3) is 2.26. The van der Waals surface area contributed by atoms with Gasteiger partial charge in [0.25, 0.3) is 0 Å². The molecule has 3 rings (SSSR count). The van der Waals surface area contributed by atoms with Crippen LogP contribution in [0.3, 0.4) is 0 Å². The molecule has 0 N–H and O–H groups in total. The lowest BCUT2D eigenvalue weighted by Gasteiger charge is -2.08. The predicted octanol–water partition coefficient (Wildman–Crippen LogP) is 4.96. The van der Waals surface area contributed by atoms with Crippen molar-refractivity contribution in [2.45, 2.75) is 20.4 Å². The summed E-state index contributed by atoms with van der Waals surface area (Å²) < 4.78 is 2.32. The minimum absolute atomic E-state index is 0.786. The highest BCUT2D eigenvalue weighted by Crippen LogP contribution is 2.25. The summed E-state index contributed by atoms with van der Waals surface area (Å²) in [4.78, 5) is 0. The smallest absolute Gasteiger partial charge is 0.0515 e. The summed E-state index contributed by atoms with van der Waals surface area (Å²) in [6.07, 6.45) is 2.23. The molecule has 96 valence electrons. The second kappa shape index (κ2) is 4.75. The van der Waals surface area contributed by atoms with Gasteiger partial charge in [0.05, 0.1) is 5.52 Å². The Morgan fingerprint density at radius 1 is 0.947 bits per heavy atom. The summed E-state index contributed by atoms with van der Waals surface area (Å²) in [6.45, 7) is 5.21. The molecule has 0 unspecified atom stereocenters. The van der Waals surface area contributed by atoms with Gasteiger partial charge in [-0.3, -0.25) is 0 Å². The molecule has 1 nitrogen and oxygen atoms in total. The van der Waals surface area contributed by atoms with Gasteiger partial charge in [-0.15, -0.1) is 0 Å². The zero-order chi connectivity index (χ0) is 13.4. The molecule has 0 saturated carbocycles. The number of nitrogens with zero attached hydrogens (tertiary/aromatic N) is 1. The van der Waals surface area contributed by atoms with Gasteiger partial charge in [0.2, 0.25) is 0 Å². The highest BCUT2D eigenvalue weighted by atomic mass is 35.5. The number of fused-ring (bicyclic) bond motifs is 1. The Labute approximate surface area is 118 Å². The molecule has 1 aromatic heterocycles. The van der Waals surface area contributed by atoms with Gasteiger partial charge in [-0.2, -0.15) is 0 Å². The minimum Gasteiger partial charge on any atom is -0.343 e. The van der Waals surface area contributed by atoms with Crippen LogP contribution in [0.4, 0.5) is 0 Å². The first-order valence-corrected chi connectivity index (χ1v) is 6.82. The zero-order valence-corrected chi connectivity index (χ0v) is 11.9. The van der Waals surface area contributed by atoms with Crippen LogP contribution in [0.5, 0.6) is 0 Å². The molecule has 0 fully saturated rings. The van der Waals surface area contributed by atoms with Gasteiger partial charge in [-0.25, -0.2) is 0 Å². The Morgan fingerprint density at radius 3 is 2.42 bits per heavy atom. The molecule has 0 radical (unpaired) electrons. The first-order valence-electron chi connectivity index (χ1n) is 6.44. The summed E-state index contributed by atoms with van der Waals surface area (Å²) >= 11 is 5.93. The van der Waals surface area contributed by atoms with E-state index in [2.05, 4.69) is 54.9 Å². The van der Waals surface area contributed by atoms with E-state index >= 15 is 0 Å². The lowest BCUT2D eigenvalue weighted by atomic mass is 10.1. The minimum atomic E-state index is 0.786. The van der Waals surface area contributed by atoms with Gasteiger partial charge in [0.15, 0.2) is 0 Å². The highest BCUT2D eigenvalue weighted by Gasteiger charge is 2.07. The van der Waals surface area contributed by atoms with Crippen molar-refractivity contribution in [3.63, 3.8) is 0 Å². The van der Waals surface area contributed by atoms with Crippen LogP contribution in [0, 0.1) is 13.8 Å². The fourth-order valence-corrected chi connectivity index (χ4v) is 2.76. The van der Waals surface area contributed by atoms with E-state index in [0.717, 1.165) is 11.6 Å². The highest BCUT2D eigenvalue weighted by molar-refractivity contribution is 6.30. The number of hydrogen-bond acceptors (Lipinski definition) is 0. The van der Waals surface area contributed by atoms with Crippen LogP contribution in [-0.4, -0.2) is 4.57 Å². The molecule has 2 heteroatoms. The Kier molecular flexibility index (Phi) is 3.08. The second-order valence-corrected chi connectivity index (χ2v) is 5.47. The van der Waals surface area contributed by atoms with Gasteiger partial charge in [-0.05, 0) is 42.7 Å². The van der Waals surface area contributed by atoms with Crippen LogP contribution in [-0.2, 0) is 6.54 Å². The van der Waals surface area contributed by atoms with Gasteiger partial charge in [-0.1, -0.05) is 41.9 Å². The van der Waals surface area contributed by atoms with E-state index in [9.17, 15) is 0 Å². The third-order valence-electron chi connectivity index (χ3n) is 3.57. The van der Waals surface area contributed by atoms with Gasteiger partial charge >= 0.3 is 0 Å². The maximum Gasteiger partial charge on any atom is 0.0515 e. The summed E-state index contributed by atoms with van der Waals surface area (Å²) in [5.74, 6) is 0. The summed E-state index contributed by atoms with van der Waals surface area (Å²) in [6, 6.07) is 14.5. The molecule has 1 heterocycles. The Bertz CT molecular complexity index is 723. The van der Waals surface area contributed by atoms with E-state index in [1.54, 1.807) is 0 Å². The maximum absolute atomic E-state index is 5.93. The van der Waals surface area contributed by atoms with E-state index in [4.69, 9.17) is 11.6 Å². The summed E-state index contributed by atoms with van der Waals surface area (Å²) in [7, 11) is 0. The zero-order valence-electron chi connectivity index (χ0n) is 11.2. The number of para-hydroxylation sites is 1. The summed E-state index contributed by atoms with van der Waals surface area (Å²) in [5, 5.41) is 2.13. The predicted molar refractivity (Wildman–Crippen MR) is 82.0 cm³/mol. The van der Waals surface area contributed by atoms with Crippen LogP contribution >= 0.6 is 11.6 Å².